The molecule has 0 aliphatic heterocycles. The first-order valence-corrected chi connectivity index (χ1v) is 8.86. The van der Waals surface area contributed by atoms with Gasteiger partial charge < -0.3 is 15.0 Å². The van der Waals surface area contributed by atoms with E-state index in [0.29, 0.717) is 6.42 Å². The van der Waals surface area contributed by atoms with Gasteiger partial charge in [-0.1, -0.05) is 29.8 Å². The van der Waals surface area contributed by atoms with Crippen LogP contribution in [0.1, 0.15) is 18.4 Å². The van der Waals surface area contributed by atoms with Crippen molar-refractivity contribution in [1.29, 1.82) is 0 Å². The number of ether oxygens (including phenoxy) is 1. The monoisotopic (exact) mass is 388 g/mol. The highest BCUT2D eigenvalue weighted by molar-refractivity contribution is 6.33. The van der Waals surface area contributed by atoms with E-state index in [4.69, 9.17) is 16.3 Å². The number of nitrogens with one attached hydrogen (secondary N) is 2. The van der Waals surface area contributed by atoms with Crippen LogP contribution in [0.15, 0.2) is 48.7 Å². The van der Waals surface area contributed by atoms with Crippen LogP contribution in [0.4, 0.5) is 10.1 Å². The lowest BCUT2D eigenvalue weighted by molar-refractivity contribution is -0.147. The van der Waals surface area contributed by atoms with Crippen LogP contribution in [0, 0.1) is 5.82 Å². The summed E-state index contributed by atoms with van der Waals surface area (Å²) in [7, 11) is 0. The van der Waals surface area contributed by atoms with Crippen LogP contribution in [0.3, 0.4) is 0 Å². The van der Waals surface area contributed by atoms with E-state index in [1.54, 1.807) is 0 Å². The number of aromatic amines is 1. The third-order valence-electron chi connectivity index (χ3n) is 4.07. The predicted octanol–water partition coefficient (Wildman–Crippen LogP) is 4.47. The summed E-state index contributed by atoms with van der Waals surface area (Å²) in [6.45, 7) is -0.417. The van der Waals surface area contributed by atoms with Crippen molar-refractivity contribution < 1.29 is 18.7 Å². The van der Waals surface area contributed by atoms with Gasteiger partial charge in [0.2, 0.25) is 0 Å². The van der Waals surface area contributed by atoms with E-state index in [2.05, 4.69) is 10.3 Å². The van der Waals surface area contributed by atoms with Gasteiger partial charge in [-0.3, -0.25) is 9.59 Å². The fraction of sp³-hybridized carbons (Fsp3) is 0.200. The van der Waals surface area contributed by atoms with Crippen LogP contribution < -0.4 is 5.32 Å². The molecule has 0 spiro atoms. The molecule has 5 nitrogen and oxygen atoms in total. The number of benzene rings is 2. The zero-order valence-electron chi connectivity index (χ0n) is 14.4. The molecule has 0 fully saturated rings. The molecule has 2 aromatic carbocycles. The number of hydrogen-bond acceptors (Lipinski definition) is 3. The first kappa shape index (κ1) is 18.9. The van der Waals surface area contributed by atoms with Crippen molar-refractivity contribution in [2.45, 2.75) is 19.3 Å². The number of anilines is 1. The summed E-state index contributed by atoms with van der Waals surface area (Å²) in [5.41, 5.74) is 2.46. The molecule has 0 radical (unpaired) electrons. The zero-order valence-corrected chi connectivity index (χ0v) is 15.2. The maximum absolute atomic E-state index is 13.0. The van der Waals surface area contributed by atoms with Crippen molar-refractivity contribution in [2.75, 3.05) is 11.9 Å². The molecule has 3 aromatic rings. The second-order valence-electron chi connectivity index (χ2n) is 6.05. The molecule has 0 unspecified atom stereocenters. The molecule has 0 saturated carbocycles. The van der Waals surface area contributed by atoms with Crippen molar-refractivity contribution in [3.8, 4) is 0 Å². The number of aryl methyl sites for hydroxylation is 1. The van der Waals surface area contributed by atoms with Crippen molar-refractivity contribution in [1.82, 2.24) is 4.98 Å². The number of esters is 1. The van der Waals surface area contributed by atoms with Gasteiger partial charge in [-0.25, -0.2) is 4.39 Å². The summed E-state index contributed by atoms with van der Waals surface area (Å²) in [6.07, 6.45) is 3.50. The SMILES string of the molecule is O=C(COC(=O)CCCc1c[nH]c2ccccc12)Nc1ccc(F)cc1Cl. The third-order valence-corrected chi connectivity index (χ3v) is 4.38. The van der Waals surface area contributed by atoms with Gasteiger partial charge in [0.15, 0.2) is 6.61 Å². The predicted molar refractivity (Wildman–Crippen MR) is 102 cm³/mol. The lowest BCUT2D eigenvalue weighted by atomic mass is 10.1. The first-order chi connectivity index (χ1) is 13.0. The summed E-state index contributed by atoms with van der Waals surface area (Å²) >= 11 is 5.83. The normalized spacial score (nSPS) is 10.7. The maximum Gasteiger partial charge on any atom is 0.306 e. The van der Waals surface area contributed by atoms with E-state index >= 15 is 0 Å². The molecule has 0 aliphatic carbocycles. The van der Waals surface area contributed by atoms with Gasteiger partial charge in [-0.15, -0.1) is 0 Å². The Hall–Kier alpha value is -2.86. The average molecular weight is 389 g/mol. The Morgan fingerprint density at radius 2 is 2.00 bits per heavy atom. The van der Waals surface area contributed by atoms with Crippen molar-refractivity contribution in [3.63, 3.8) is 0 Å². The van der Waals surface area contributed by atoms with Crippen LogP contribution in [-0.4, -0.2) is 23.5 Å². The van der Waals surface area contributed by atoms with Gasteiger partial charge in [-0.2, -0.15) is 0 Å². The van der Waals surface area contributed by atoms with Crippen LogP contribution in [0.2, 0.25) is 5.02 Å². The molecule has 0 bridgehead atoms. The largest absolute Gasteiger partial charge is 0.456 e. The Kier molecular flexibility index (Phi) is 6.08. The van der Waals surface area contributed by atoms with Gasteiger partial charge in [-0.05, 0) is 42.7 Å². The summed E-state index contributed by atoms with van der Waals surface area (Å²) in [5.74, 6) is -1.48. The summed E-state index contributed by atoms with van der Waals surface area (Å²) in [5, 5.41) is 3.69. The number of carbonyl (C=O) groups is 2. The van der Waals surface area contributed by atoms with E-state index < -0.39 is 24.3 Å². The lowest BCUT2D eigenvalue weighted by Gasteiger charge is -2.08. The minimum atomic E-state index is -0.534. The zero-order chi connectivity index (χ0) is 19.2. The Labute approximate surface area is 160 Å². The van der Waals surface area contributed by atoms with Crippen molar-refractivity contribution >= 4 is 40.1 Å². The Morgan fingerprint density at radius 1 is 1.19 bits per heavy atom. The molecule has 0 aliphatic rings. The molecular weight excluding hydrogens is 371 g/mol. The number of carbonyl (C=O) groups excluding carboxylic acids is 2. The second kappa shape index (κ2) is 8.68. The maximum atomic E-state index is 13.0. The second-order valence-corrected chi connectivity index (χ2v) is 6.45. The Bertz CT molecular complexity index is 971. The molecular formula is C20H18ClFN2O3. The molecule has 1 heterocycles. The van der Waals surface area contributed by atoms with Gasteiger partial charge in [0.25, 0.3) is 5.91 Å². The summed E-state index contributed by atoms with van der Waals surface area (Å²) in [6, 6.07) is 11.6. The van der Waals surface area contributed by atoms with Crippen molar-refractivity contribution in [2.24, 2.45) is 0 Å². The molecule has 1 aromatic heterocycles. The summed E-state index contributed by atoms with van der Waals surface area (Å²) < 4.78 is 17.9. The van der Waals surface area contributed by atoms with E-state index in [1.807, 2.05) is 30.5 Å². The fourth-order valence-electron chi connectivity index (χ4n) is 2.76. The highest BCUT2D eigenvalue weighted by Gasteiger charge is 2.11. The van der Waals surface area contributed by atoms with Crippen LogP contribution in [0.25, 0.3) is 10.9 Å². The number of aromatic nitrogens is 1. The molecule has 3 rings (SSSR count). The number of rotatable bonds is 7. The molecule has 2 N–H and O–H groups in total. The van der Waals surface area contributed by atoms with Gasteiger partial charge >= 0.3 is 5.97 Å². The Balaban J connectivity index is 1.41. The summed E-state index contributed by atoms with van der Waals surface area (Å²) in [4.78, 5) is 26.8. The Morgan fingerprint density at radius 3 is 2.81 bits per heavy atom. The third kappa shape index (κ3) is 5.08. The van der Waals surface area contributed by atoms with Crippen LogP contribution in [0.5, 0.6) is 0 Å². The van der Waals surface area contributed by atoms with Gasteiger partial charge in [0.1, 0.15) is 5.82 Å². The number of hydrogen-bond donors (Lipinski definition) is 2. The fourth-order valence-corrected chi connectivity index (χ4v) is 2.97. The average Bonchev–Trinajstić information content (AvgIpc) is 3.06. The van der Waals surface area contributed by atoms with E-state index in [1.165, 1.54) is 12.1 Å². The minimum absolute atomic E-state index is 0.0772. The molecule has 7 heteroatoms. The number of halogens is 2. The van der Waals surface area contributed by atoms with Crippen LogP contribution in [-0.2, 0) is 20.7 Å². The highest BCUT2D eigenvalue weighted by Crippen LogP contribution is 2.22. The topological polar surface area (TPSA) is 71.2 Å². The van der Waals surface area contributed by atoms with Crippen LogP contribution >= 0.6 is 11.6 Å². The van der Waals surface area contributed by atoms with Crippen molar-refractivity contribution in [3.05, 3.63) is 65.1 Å². The number of H-pyrrole nitrogens is 1. The van der Waals surface area contributed by atoms with Gasteiger partial charge in [0.05, 0.1) is 10.7 Å². The molecule has 0 atom stereocenters. The van der Waals surface area contributed by atoms with Gasteiger partial charge in [0, 0.05) is 23.5 Å². The highest BCUT2D eigenvalue weighted by atomic mass is 35.5. The number of amides is 1. The van der Waals surface area contributed by atoms with E-state index in [0.717, 1.165) is 29.0 Å². The standard InChI is InChI=1S/C20H18ClFN2O3/c21-16-10-14(22)8-9-18(16)24-19(25)12-27-20(26)7-3-4-13-11-23-17-6-2-1-5-15(13)17/h1-2,5-6,8-11,23H,3-4,7,12H2,(H,24,25). The quantitative estimate of drug-likeness (QED) is 0.587. The lowest BCUT2D eigenvalue weighted by Crippen LogP contribution is -2.21. The molecule has 1 amide bonds. The van der Waals surface area contributed by atoms with E-state index in [9.17, 15) is 14.0 Å². The number of para-hydroxylation sites is 1. The van der Waals surface area contributed by atoms with E-state index in [-0.39, 0.29) is 17.1 Å². The first-order valence-electron chi connectivity index (χ1n) is 8.48. The molecule has 0 saturated heterocycles. The smallest absolute Gasteiger partial charge is 0.306 e. The molecule has 27 heavy (non-hydrogen) atoms. The number of fused-ring (bicyclic) bond motifs is 1. The minimum Gasteiger partial charge on any atom is -0.456 e. The molecule has 140 valence electrons.